The molecule has 2 aromatic heterocycles. The van der Waals surface area contributed by atoms with Crippen molar-refractivity contribution in [3.63, 3.8) is 0 Å². The number of nitrogens with two attached hydrogens (primary N) is 1. The molecule has 7 heterocycles. The molecule has 5 aliphatic rings. The molecule has 4 amide bonds. The van der Waals surface area contributed by atoms with Gasteiger partial charge in [-0.2, -0.15) is 0 Å². The van der Waals surface area contributed by atoms with Crippen molar-refractivity contribution < 1.29 is 38.1 Å². The maximum atomic E-state index is 13.5. The number of anilines is 3. The molecular formula is C48H59N11O8. The van der Waals surface area contributed by atoms with Gasteiger partial charge in [0, 0.05) is 94.3 Å². The van der Waals surface area contributed by atoms with Gasteiger partial charge in [-0.3, -0.25) is 29.4 Å². The molecule has 19 nitrogen and oxygen atoms in total. The highest BCUT2D eigenvalue weighted by Gasteiger charge is 2.51. The number of nitrogens with zero attached hydrogens (tertiary/aromatic N) is 8. The van der Waals surface area contributed by atoms with Gasteiger partial charge in [0.25, 0.3) is 5.91 Å². The molecule has 3 atom stereocenters. The van der Waals surface area contributed by atoms with Crippen LogP contribution >= 0.6 is 0 Å². The number of ether oxygens (including phenoxy) is 4. The fourth-order valence-electron chi connectivity index (χ4n) is 10.0. The second-order valence-electron chi connectivity index (χ2n) is 17.9. The highest BCUT2D eigenvalue weighted by atomic mass is 16.7. The number of hydrogen-bond acceptors (Lipinski definition) is 16. The topological polar surface area (TPSA) is 210 Å². The van der Waals surface area contributed by atoms with Gasteiger partial charge in [0.05, 0.1) is 49.9 Å². The van der Waals surface area contributed by atoms with E-state index in [1.807, 2.05) is 55.6 Å². The number of amides is 4. The number of hydrogen-bond donors (Lipinski definition) is 3. The summed E-state index contributed by atoms with van der Waals surface area (Å²) in [5.74, 6) is 0.766. The predicted molar refractivity (Wildman–Crippen MR) is 249 cm³/mol. The zero-order valence-electron chi connectivity index (χ0n) is 38.4. The van der Waals surface area contributed by atoms with Crippen LogP contribution in [0.4, 0.5) is 17.2 Å². The van der Waals surface area contributed by atoms with E-state index in [0.717, 1.165) is 79.2 Å². The summed E-state index contributed by atoms with van der Waals surface area (Å²) in [7, 11) is 1.62. The average Bonchev–Trinajstić information content (AvgIpc) is 3.88. The second-order valence-corrected chi connectivity index (χ2v) is 17.9. The maximum Gasteiger partial charge on any atom is 0.255 e. The zero-order valence-corrected chi connectivity index (χ0v) is 38.4. The highest BCUT2D eigenvalue weighted by molar-refractivity contribution is 6.05. The molecule has 5 aliphatic heterocycles. The summed E-state index contributed by atoms with van der Waals surface area (Å²) in [6, 6.07) is 17.2. The lowest BCUT2D eigenvalue weighted by molar-refractivity contribution is -0.137. The van der Waals surface area contributed by atoms with Crippen molar-refractivity contribution in [3.05, 3.63) is 83.0 Å². The van der Waals surface area contributed by atoms with E-state index < -0.39 is 11.9 Å². The summed E-state index contributed by atoms with van der Waals surface area (Å²) in [6.07, 6.45) is 3.85. The largest absolute Gasteiger partial charge is 0.472 e. The molecule has 0 bridgehead atoms. The van der Waals surface area contributed by atoms with Gasteiger partial charge in [-0.1, -0.05) is 25.1 Å². The lowest BCUT2D eigenvalue weighted by Gasteiger charge is -2.48. The van der Waals surface area contributed by atoms with Crippen LogP contribution in [0.5, 0.6) is 11.6 Å². The third-order valence-corrected chi connectivity index (χ3v) is 13.6. The summed E-state index contributed by atoms with van der Waals surface area (Å²) < 4.78 is 23.5. The summed E-state index contributed by atoms with van der Waals surface area (Å²) in [6.45, 7) is 10.9. The van der Waals surface area contributed by atoms with E-state index in [2.05, 4.69) is 54.4 Å². The summed E-state index contributed by atoms with van der Waals surface area (Å²) >= 11 is 0. The van der Waals surface area contributed by atoms with Gasteiger partial charge in [0.1, 0.15) is 17.9 Å². The summed E-state index contributed by atoms with van der Waals surface area (Å²) in [5.41, 5.74) is 12.2. The zero-order chi connectivity index (χ0) is 46.7. The number of imide groups is 1. The van der Waals surface area contributed by atoms with Crippen LogP contribution in [0.3, 0.4) is 0 Å². The molecular weight excluding hydrogens is 859 g/mol. The van der Waals surface area contributed by atoms with Gasteiger partial charge in [-0.25, -0.2) is 4.98 Å². The quantitative estimate of drug-likeness (QED) is 0.0790. The number of piperazine rings is 1. The van der Waals surface area contributed by atoms with E-state index >= 15 is 0 Å². The van der Waals surface area contributed by atoms with Gasteiger partial charge >= 0.3 is 0 Å². The van der Waals surface area contributed by atoms with E-state index in [1.165, 1.54) is 0 Å². The Kier molecular flexibility index (Phi) is 13.5. The Morgan fingerprint density at radius 2 is 1.85 bits per heavy atom. The molecule has 354 valence electrons. The monoisotopic (exact) mass is 917 g/mol. The Balaban J connectivity index is 0.848. The van der Waals surface area contributed by atoms with Crippen molar-refractivity contribution in [2.75, 3.05) is 94.3 Å². The van der Waals surface area contributed by atoms with E-state index in [0.29, 0.717) is 68.0 Å². The first kappa shape index (κ1) is 45.7. The molecule has 4 aromatic rings. The lowest BCUT2D eigenvalue weighted by atomic mass is 9.89. The minimum absolute atomic E-state index is 0.0577. The van der Waals surface area contributed by atoms with E-state index in [-0.39, 0.29) is 55.8 Å². The summed E-state index contributed by atoms with van der Waals surface area (Å²) in [5, 5.41) is 14.7. The Bertz CT molecular complexity index is 2500. The highest BCUT2D eigenvalue weighted by Crippen LogP contribution is 2.47. The Morgan fingerprint density at radius 1 is 1.01 bits per heavy atom. The number of aryl methyl sites for hydroxylation is 1. The number of aromatic nitrogens is 3. The van der Waals surface area contributed by atoms with Crippen molar-refractivity contribution in [2.45, 2.75) is 70.3 Å². The Hall–Kier alpha value is -6.41. The van der Waals surface area contributed by atoms with Crippen molar-refractivity contribution >= 4 is 40.8 Å². The number of carbonyl (C=O) groups excluding carboxylic acids is 4. The van der Waals surface area contributed by atoms with E-state index in [9.17, 15) is 19.2 Å². The number of benzene rings is 2. The average molecular weight is 918 g/mol. The number of nitrogens with one attached hydrogen (secondary N) is 2. The first-order chi connectivity index (χ1) is 32.6. The summed E-state index contributed by atoms with van der Waals surface area (Å²) in [4.78, 5) is 65.7. The minimum atomic E-state index is -0.629. The van der Waals surface area contributed by atoms with E-state index in [1.54, 1.807) is 12.0 Å². The number of carbonyl (C=O) groups is 4. The molecule has 3 saturated heterocycles. The number of rotatable bonds is 17. The molecule has 0 saturated carbocycles. The van der Waals surface area contributed by atoms with Gasteiger partial charge in [-0.05, 0) is 67.3 Å². The SMILES string of the molecule is CC[C@@]12C[C@@H](Oc3ncc(CN4CCN(c5ccc6c(c5)C(=O)N([C@H]5CCC(=O)NC5=O)C6)CC4)cc3C)CN1c1cc(-c3ccccc3OCOCCOC)nnc1N(CNC(=O)CN)C2. The number of fused-ring (bicyclic) bond motifs is 4. The Labute approximate surface area is 389 Å². The molecule has 0 unspecified atom stereocenters. The van der Waals surface area contributed by atoms with Crippen LogP contribution in [0.1, 0.15) is 59.7 Å². The fourth-order valence-corrected chi connectivity index (χ4v) is 10.0. The molecule has 0 radical (unpaired) electrons. The lowest BCUT2D eigenvalue weighted by Crippen LogP contribution is -2.58. The van der Waals surface area contributed by atoms with Gasteiger partial charge in [0.15, 0.2) is 12.6 Å². The normalized spacial score (nSPS) is 21.5. The van der Waals surface area contributed by atoms with Crippen LogP contribution in [-0.2, 0) is 36.9 Å². The van der Waals surface area contributed by atoms with Crippen LogP contribution in [0, 0.1) is 6.92 Å². The number of pyridine rings is 1. The first-order valence-corrected chi connectivity index (χ1v) is 23.1. The van der Waals surface area contributed by atoms with Crippen molar-refractivity contribution in [3.8, 4) is 22.9 Å². The van der Waals surface area contributed by atoms with E-state index in [4.69, 9.17) is 34.8 Å². The van der Waals surface area contributed by atoms with Crippen LogP contribution < -0.4 is 40.5 Å². The van der Waals surface area contributed by atoms with Crippen molar-refractivity contribution in [1.29, 1.82) is 0 Å². The third kappa shape index (κ3) is 9.59. The molecule has 3 fully saturated rings. The smallest absolute Gasteiger partial charge is 0.255 e. The maximum absolute atomic E-state index is 13.5. The second kappa shape index (κ2) is 19.8. The standard InChI is InChI=1S/C48H59N11O8/c1-4-48-22-35(27-59(48)40-21-38(53-54-44(40)57(28-48)29-51-43(61)23-49)36-7-5-6-8-41(36)66-30-65-18-17-64-3)67-46-31(2)19-32(24-50-46)25-55-13-15-56(16-14-55)34-10-9-33-26-58(47(63)37(33)20-34)39-11-12-42(60)52-45(39)62/h5-10,19-21,24,35,39H,4,11-18,22-23,25-30,49H2,1-3H3,(H,51,61)(H,52,60,62)/t35-,39+,48+/m1/s1. The van der Waals surface area contributed by atoms with Crippen LogP contribution in [0.25, 0.3) is 11.3 Å². The van der Waals surface area contributed by atoms with Crippen molar-refractivity contribution in [1.82, 2.24) is 35.6 Å². The molecule has 2 aromatic carbocycles. The number of piperidine rings is 1. The number of para-hydroxylation sites is 1. The molecule has 19 heteroatoms. The van der Waals surface area contributed by atoms with Gasteiger partial charge in [0.2, 0.25) is 23.6 Å². The minimum Gasteiger partial charge on any atom is -0.472 e. The van der Waals surface area contributed by atoms with Crippen LogP contribution in [-0.4, -0.2) is 146 Å². The van der Waals surface area contributed by atoms with Crippen LogP contribution in [0.2, 0.25) is 0 Å². The first-order valence-electron chi connectivity index (χ1n) is 23.1. The Morgan fingerprint density at radius 3 is 2.63 bits per heavy atom. The molecule has 0 aliphatic carbocycles. The number of methoxy groups -OCH3 is 1. The molecule has 0 spiro atoms. The molecule has 9 rings (SSSR count). The molecule has 67 heavy (non-hydrogen) atoms. The predicted octanol–water partition coefficient (Wildman–Crippen LogP) is 2.59. The van der Waals surface area contributed by atoms with Gasteiger partial charge < -0.3 is 49.6 Å². The third-order valence-electron chi connectivity index (χ3n) is 13.6. The fraction of sp³-hybridized carbons (Fsp3) is 0.479. The molecule has 4 N–H and O–H groups in total. The van der Waals surface area contributed by atoms with Crippen molar-refractivity contribution in [2.24, 2.45) is 5.73 Å². The van der Waals surface area contributed by atoms with Crippen LogP contribution in [0.15, 0.2) is 60.8 Å². The van der Waals surface area contributed by atoms with Gasteiger partial charge in [-0.15, -0.1) is 10.2 Å².